The summed E-state index contributed by atoms with van der Waals surface area (Å²) in [6.45, 7) is 1.73. The maximum atomic E-state index is 13.6. The van der Waals surface area contributed by atoms with Gasteiger partial charge in [0.25, 0.3) is 0 Å². The molecule has 3 amide bonds. The van der Waals surface area contributed by atoms with Gasteiger partial charge in [-0.3, -0.25) is 14.6 Å². The third-order valence-corrected chi connectivity index (χ3v) is 4.37. The molecule has 11 heteroatoms. The van der Waals surface area contributed by atoms with Crippen molar-refractivity contribution in [2.24, 2.45) is 0 Å². The van der Waals surface area contributed by atoms with E-state index >= 15 is 0 Å². The minimum atomic E-state index is -4.74. The number of anilines is 2. The highest BCUT2D eigenvalue weighted by Gasteiger charge is 2.40. The Balaban J connectivity index is 1.83. The summed E-state index contributed by atoms with van der Waals surface area (Å²) in [4.78, 5) is 37.0. The number of ether oxygens (including phenoxy) is 2. The monoisotopic (exact) mass is 401 g/mol. The molecule has 2 aliphatic rings. The highest BCUT2D eigenvalue weighted by molar-refractivity contribution is 5.93. The number of benzene rings is 1. The first-order valence-electron chi connectivity index (χ1n) is 8.61. The molecule has 0 spiro atoms. The number of nitrogens with zero attached hydrogens (tertiary/aromatic N) is 2. The topological polar surface area (TPSA) is 88.2 Å². The molecule has 3 rings (SSSR count). The van der Waals surface area contributed by atoms with Gasteiger partial charge >= 0.3 is 18.4 Å². The molecule has 0 aromatic heterocycles. The zero-order valence-corrected chi connectivity index (χ0v) is 14.9. The van der Waals surface area contributed by atoms with Crippen LogP contribution in [0.5, 0.6) is 0 Å². The van der Waals surface area contributed by atoms with Gasteiger partial charge < -0.3 is 14.8 Å². The zero-order valence-electron chi connectivity index (χ0n) is 14.9. The number of alkyl halides is 3. The van der Waals surface area contributed by atoms with Crippen molar-refractivity contribution in [3.8, 4) is 0 Å². The fraction of sp³-hybridized carbons (Fsp3) is 0.471. The Morgan fingerprint density at radius 3 is 2.61 bits per heavy atom. The molecular weight excluding hydrogens is 383 g/mol. The molecule has 28 heavy (non-hydrogen) atoms. The molecule has 152 valence electrons. The lowest BCUT2D eigenvalue weighted by atomic mass is 10.1. The van der Waals surface area contributed by atoms with Crippen molar-refractivity contribution >= 4 is 29.5 Å². The average Bonchev–Trinajstić information content (AvgIpc) is 3.23. The van der Waals surface area contributed by atoms with E-state index in [4.69, 9.17) is 9.47 Å². The third kappa shape index (κ3) is 3.97. The average molecular weight is 401 g/mol. The summed E-state index contributed by atoms with van der Waals surface area (Å²) >= 11 is 0. The Kier molecular flexibility index (Phi) is 5.34. The summed E-state index contributed by atoms with van der Waals surface area (Å²) in [7, 11) is 0. The van der Waals surface area contributed by atoms with Gasteiger partial charge in [0.15, 0.2) is 0 Å². The minimum absolute atomic E-state index is 0.00148. The number of hydrogen-bond donors (Lipinski definition) is 1. The molecule has 2 fully saturated rings. The maximum absolute atomic E-state index is 13.6. The number of hydrogen-bond acceptors (Lipinski definition) is 5. The van der Waals surface area contributed by atoms with Crippen LogP contribution in [-0.4, -0.2) is 50.4 Å². The Labute approximate surface area is 158 Å². The molecule has 0 bridgehead atoms. The van der Waals surface area contributed by atoms with Crippen LogP contribution in [0.4, 0.5) is 34.1 Å². The fourth-order valence-corrected chi connectivity index (χ4v) is 2.96. The van der Waals surface area contributed by atoms with Crippen LogP contribution in [-0.2, 0) is 20.4 Å². The van der Waals surface area contributed by atoms with Crippen LogP contribution in [0.1, 0.15) is 18.9 Å². The first kappa shape index (κ1) is 19.8. The number of carbonyl (C=O) groups is 3. The van der Waals surface area contributed by atoms with E-state index < -0.39 is 30.0 Å². The molecule has 0 radical (unpaired) electrons. The molecule has 1 aromatic rings. The SMILES string of the molecule is CCC(=O)NCC1CN(c2ccc(N3CCOC3=O)c(C(F)(F)F)c2)C(=O)O1. The van der Waals surface area contributed by atoms with Crippen LogP contribution in [0.25, 0.3) is 0 Å². The molecule has 2 saturated heterocycles. The molecule has 2 heterocycles. The Hall–Kier alpha value is -2.98. The molecule has 1 N–H and O–H groups in total. The number of rotatable bonds is 5. The van der Waals surface area contributed by atoms with E-state index in [9.17, 15) is 27.6 Å². The van der Waals surface area contributed by atoms with Gasteiger partial charge in [0.05, 0.1) is 30.9 Å². The number of amides is 3. The van der Waals surface area contributed by atoms with Gasteiger partial charge in [-0.25, -0.2) is 9.59 Å². The predicted molar refractivity (Wildman–Crippen MR) is 91.1 cm³/mol. The Morgan fingerprint density at radius 2 is 2.00 bits per heavy atom. The second kappa shape index (κ2) is 7.56. The Bertz CT molecular complexity index is 799. The van der Waals surface area contributed by atoms with Crippen molar-refractivity contribution in [3.05, 3.63) is 23.8 Å². The lowest BCUT2D eigenvalue weighted by Gasteiger charge is -2.22. The van der Waals surface area contributed by atoms with Gasteiger partial charge in [0.2, 0.25) is 5.91 Å². The summed E-state index contributed by atoms with van der Waals surface area (Å²) in [5.41, 5.74) is -1.41. The molecule has 0 aliphatic carbocycles. The Morgan fingerprint density at radius 1 is 1.25 bits per heavy atom. The highest BCUT2D eigenvalue weighted by atomic mass is 19.4. The van der Waals surface area contributed by atoms with Crippen molar-refractivity contribution < 1.29 is 37.0 Å². The summed E-state index contributed by atoms with van der Waals surface area (Å²) < 4.78 is 50.5. The van der Waals surface area contributed by atoms with E-state index in [-0.39, 0.29) is 49.9 Å². The fourth-order valence-electron chi connectivity index (χ4n) is 2.96. The van der Waals surface area contributed by atoms with Crippen LogP contribution < -0.4 is 15.1 Å². The van der Waals surface area contributed by atoms with Crippen LogP contribution in [0.3, 0.4) is 0 Å². The normalized spacial score (nSPS) is 19.6. The van der Waals surface area contributed by atoms with Gasteiger partial charge in [-0.15, -0.1) is 0 Å². The van der Waals surface area contributed by atoms with Gasteiger partial charge in [0, 0.05) is 12.1 Å². The van der Waals surface area contributed by atoms with Crippen molar-refractivity contribution in [1.82, 2.24) is 5.32 Å². The second-order valence-electron chi connectivity index (χ2n) is 6.24. The van der Waals surface area contributed by atoms with Crippen molar-refractivity contribution in [1.29, 1.82) is 0 Å². The van der Waals surface area contributed by atoms with Crippen LogP contribution in [0, 0.1) is 0 Å². The van der Waals surface area contributed by atoms with Gasteiger partial charge in [-0.05, 0) is 18.2 Å². The molecule has 1 aromatic carbocycles. The lowest BCUT2D eigenvalue weighted by Crippen LogP contribution is -2.34. The largest absolute Gasteiger partial charge is 0.447 e. The third-order valence-electron chi connectivity index (χ3n) is 4.37. The lowest BCUT2D eigenvalue weighted by molar-refractivity contribution is -0.137. The molecular formula is C17H18F3N3O5. The van der Waals surface area contributed by atoms with E-state index in [0.717, 1.165) is 21.9 Å². The van der Waals surface area contributed by atoms with Crippen LogP contribution in [0.2, 0.25) is 0 Å². The molecule has 2 aliphatic heterocycles. The van der Waals surface area contributed by atoms with Crippen molar-refractivity contribution in [3.63, 3.8) is 0 Å². The summed E-state index contributed by atoms with van der Waals surface area (Å²) in [6, 6.07) is 3.24. The maximum Gasteiger partial charge on any atom is 0.418 e. The van der Waals surface area contributed by atoms with Crippen LogP contribution >= 0.6 is 0 Å². The second-order valence-corrected chi connectivity index (χ2v) is 6.24. The quantitative estimate of drug-likeness (QED) is 0.819. The zero-order chi connectivity index (χ0) is 20.5. The van der Waals surface area contributed by atoms with Gasteiger partial charge in [-0.1, -0.05) is 6.92 Å². The van der Waals surface area contributed by atoms with Gasteiger partial charge in [0.1, 0.15) is 12.7 Å². The summed E-state index contributed by atoms with van der Waals surface area (Å²) in [5, 5.41) is 2.57. The molecule has 1 unspecified atom stereocenters. The first-order chi connectivity index (χ1) is 13.2. The van der Waals surface area contributed by atoms with Crippen molar-refractivity contribution in [2.75, 3.05) is 36.0 Å². The number of halogens is 3. The molecule has 8 nitrogen and oxygen atoms in total. The van der Waals surface area contributed by atoms with Crippen molar-refractivity contribution in [2.45, 2.75) is 25.6 Å². The van der Waals surface area contributed by atoms with E-state index in [0.29, 0.717) is 0 Å². The van der Waals surface area contributed by atoms with Gasteiger partial charge in [-0.2, -0.15) is 13.2 Å². The van der Waals surface area contributed by atoms with E-state index in [2.05, 4.69) is 5.32 Å². The predicted octanol–water partition coefficient (Wildman–Crippen LogP) is 2.51. The smallest absolute Gasteiger partial charge is 0.418 e. The number of carbonyl (C=O) groups excluding carboxylic acids is 3. The summed E-state index contributed by atoms with van der Waals surface area (Å²) in [6.07, 6.45) is -6.82. The molecule has 1 atom stereocenters. The highest BCUT2D eigenvalue weighted by Crippen LogP contribution is 2.40. The standard InChI is InChI=1S/C17H18F3N3O5/c1-2-14(24)21-8-11-9-23(16(26)28-11)10-3-4-13(12(7-10)17(18,19)20)22-5-6-27-15(22)25/h3-4,7,11H,2,5-6,8-9H2,1H3,(H,21,24). The van der Waals surface area contributed by atoms with E-state index in [1.54, 1.807) is 6.92 Å². The van der Waals surface area contributed by atoms with Crippen LogP contribution in [0.15, 0.2) is 18.2 Å². The summed E-state index contributed by atoms with van der Waals surface area (Å²) in [5.74, 6) is -0.226. The number of cyclic esters (lactones) is 2. The number of nitrogens with one attached hydrogen (secondary N) is 1. The minimum Gasteiger partial charge on any atom is -0.447 e. The van der Waals surface area contributed by atoms with E-state index in [1.165, 1.54) is 6.07 Å². The first-order valence-corrected chi connectivity index (χ1v) is 8.61. The molecule has 0 saturated carbocycles. The van der Waals surface area contributed by atoms with E-state index in [1.807, 2.05) is 0 Å².